The number of sulfonamides is 1. The molecule has 5 nitrogen and oxygen atoms in total. The van der Waals surface area contributed by atoms with Gasteiger partial charge in [0.25, 0.3) is 0 Å². The van der Waals surface area contributed by atoms with E-state index in [0.717, 1.165) is 5.56 Å². The van der Waals surface area contributed by atoms with Gasteiger partial charge in [0, 0.05) is 31.6 Å². The Morgan fingerprint density at radius 3 is 2.33 bits per heavy atom. The summed E-state index contributed by atoms with van der Waals surface area (Å²) < 4.78 is 26.6. The summed E-state index contributed by atoms with van der Waals surface area (Å²) in [5, 5.41) is 0.642. The fourth-order valence-electron chi connectivity index (χ4n) is 2.12. The molecule has 24 heavy (non-hydrogen) atoms. The molecule has 0 spiro atoms. The van der Waals surface area contributed by atoms with E-state index in [1.54, 1.807) is 42.3 Å². The quantitative estimate of drug-likeness (QED) is 0.819. The zero-order valence-electron chi connectivity index (χ0n) is 13.3. The molecule has 0 saturated heterocycles. The number of nitrogens with one attached hydrogen (secondary N) is 1. The number of carbonyl (C=O) groups excluding carboxylic acids is 1. The van der Waals surface area contributed by atoms with E-state index in [4.69, 9.17) is 11.6 Å². The van der Waals surface area contributed by atoms with Crippen LogP contribution >= 0.6 is 11.6 Å². The molecule has 0 radical (unpaired) electrons. The second kappa shape index (κ2) is 8.28. The molecule has 0 aromatic heterocycles. The van der Waals surface area contributed by atoms with Crippen LogP contribution in [0.5, 0.6) is 0 Å². The Labute approximate surface area is 147 Å². The highest BCUT2D eigenvalue weighted by atomic mass is 35.5. The van der Waals surface area contributed by atoms with E-state index in [1.807, 2.05) is 12.1 Å². The first-order valence-corrected chi connectivity index (χ1v) is 9.28. The molecule has 0 bridgehead atoms. The Morgan fingerprint density at radius 1 is 1.08 bits per heavy atom. The predicted octanol–water partition coefficient (Wildman–Crippen LogP) is 2.67. The van der Waals surface area contributed by atoms with Crippen LogP contribution in [-0.2, 0) is 21.4 Å². The van der Waals surface area contributed by atoms with Gasteiger partial charge in [0.15, 0.2) is 0 Å². The average Bonchev–Trinajstić information content (AvgIpc) is 2.57. The highest BCUT2D eigenvalue weighted by molar-refractivity contribution is 7.89. The van der Waals surface area contributed by atoms with E-state index in [1.165, 1.54) is 12.1 Å². The number of hydrogen-bond acceptors (Lipinski definition) is 3. The Hall–Kier alpha value is -1.89. The molecule has 0 unspecified atom stereocenters. The van der Waals surface area contributed by atoms with Crippen LogP contribution in [0.4, 0.5) is 0 Å². The fourth-order valence-corrected chi connectivity index (χ4v) is 3.30. The first-order chi connectivity index (χ1) is 11.4. The smallest absolute Gasteiger partial charge is 0.240 e. The van der Waals surface area contributed by atoms with Crippen molar-refractivity contribution in [2.45, 2.75) is 17.9 Å². The molecule has 7 heteroatoms. The third kappa shape index (κ3) is 5.33. The van der Waals surface area contributed by atoms with Crippen LogP contribution in [0.25, 0.3) is 0 Å². The molecule has 128 valence electrons. The van der Waals surface area contributed by atoms with Gasteiger partial charge in [-0.1, -0.05) is 41.9 Å². The summed E-state index contributed by atoms with van der Waals surface area (Å²) in [5.74, 6) is -0.138. The van der Waals surface area contributed by atoms with E-state index in [9.17, 15) is 13.2 Å². The van der Waals surface area contributed by atoms with Crippen molar-refractivity contribution >= 4 is 27.5 Å². The minimum absolute atomic E-state index is 0.0566. The van der Waals surface area contributed by atoms with Gasteiger partial charge in [0.1, 0.15) is 0 Å². The highest BCUT2D eigenvalue weighted by Gasteiger charge is 2.15. The first-order valence-electron chi connectivity index (χ1n) is 7.41. The van der Waals surface area contributed by atoms with Crippen LogP contribution in [0, 0.1) is 0 Å². The van der Waals surface area contributed by atoms with Crippen molar-refractivity contribution in [1.29, 1.82) is 0 Å². The van der Waals surface area contributed by atoms with Crippen LogP contribution in [0.1, 0.15) is 12.0 Å². The van der Waals surface area contributed by atoms with Gasteiger partial charge < -0.3 is 4.90 Å². The van der Waals surface area contributed by atoms with Gasteiger partial charge in [-0.05, 0) is 29.8 Å². The first kappa shape index (κ1) is 18.4. The summed E-state index contributed by atoms with van der Waals surface area (Å²) in [5.41, 5.74) is 0.958. The molecule has 1 amide bonds. The summed E-state index contributed by atoms with van der Waals surface area (Å²) in [7, 11) is -1.90. The summed E-state index contributed by atoms with van der Waals surface area (Å²) in [6.07, 6.45) is 0.0934. The topological polar surface area (TPSA) is 66.5 Å². The minimum Gasteiger partial charge on any atom is -0.341 e. The van der Waals surface area contributed by atoms with Gasteiger partial charge >= 0.3 is 0 Å². The van der Waals surface area contributed by atoms with Crippen LogP contribution < -0.4 is 4.72 Å². The van der Waals surface area contributed by atoms with Crippen molar-refractivity contribution in [2.24, 2.45) is 0 Å². The number of halogens is 1. The van der Waals surface area contributed by atoms with Gasteiger partial charge in [-0.2, -0.15) is 0 Å². The minimum atomic E-state index is -3.58. The monoisotopic (exact) mass is 366 g/mol. The lowest BCUT2D eigenvalue weighted by Gasteiger charge is -2.17. The molecule has 0 fully saturated rings. The van der Waals surface area contributed by atoms with Gasteiger partial charge in [0.05, 0.1) is 4.90 Å². The molecular formula is C17H19ClN2O3S. The van der Waals surface area contributed by atoms with Crippen LogP contribution in [-0.4, -0.2) is 32.8 Å². The van der Waals surface area contributed by atoms with Crippen molar-refractivity contribution < 1.29 is 13.2 Å². The van der Waals surface area contributed by atoms with Crippen molar-refractivity contribution in [3.63, 3.8) is 0 Å². The second-order valence-electron chi connectivity index (χ2n) is 5.34. The summed E-state index contributed by atoms with van der Waals surface area (Å²) in [4.78, 5) is 13.8. The van der Waals surface area contributed by atoms with Crippen molar-refractivity contribution in [1.82, 2.24) is 9.62 Å². The van der Waals surface area contributed by atoms with Crippen LogP contribution in [0.15, 0.2) is 59.5 Å². The van der Waals surface area contributed by atoms with Gasteiger partial charge in [0.2, 0.25) is 15.9 Å². The fraction of sp³-hybridized carbons (Fsp3) is 0.235. The third-order valence-corrected chi connectivity index (χ3v) is 5.17. The molecule has 0 atom stereocenters. The maximum absolute atomic E-state index is 12.1. The number of benzene rings is 2. The second-order valence-corrected chi connectivity index (χ2v) is 7.54. The highest BCUT2D eigenvalue weighted by Crippen LogP contribution is 2.11. The number of rotatable bonds is 7. The Balaban J connectivity index is 1.83. The van der Waals surface area contributed by atoms with E-state index in [-0.39, 0.29) is 23.8 Å². The lowest BCUT2D eigenvalue weighted by atomic mass is 10.2. The Bertz CT molecular complexity index is 777. The standard InChI is InChI=1S/C17H19ClN2O3S/c1-20(13-14-7-9-15(18)10-8-14)17(21)11-12-19-24(22,23)16-5-3-2-4-6-16/h2-10,19H,11-13H2,1H3. The molecule has 2 aromatic carbocycles. The number of amides is 1. The van der Waals surface area contributed by atoms with E-state index in [0.29, 0.717) is 11.6 Å². The van der Waals surface area contributed by atoms with Crippen molar-refractivity contribution in [3.8, 4) is 0 Å². The maximum Gasteiger partial charge on any atom is 0.240 e. The van der Waals surface area contributed by atoms with Gasteiger partial charge in [-0.25, -0.2) is 13.1 Å². The normalized spacial score (nSPS) is 11.2. The average molecular weight is 367 g/mol. The van der Waals surface area contributed by atoms with E-state index < -0.39 is 10.0 Å². The number of carbonyl (C=O) groups is 1. The third-order valence-electron chi connectivity index (χ3n) is 3.44. The zero-order chi connectivity index (χ0) is 17.6. The van der Waals surface area contributed by atoms with Gasteiger partial charge in [-0.15, -0.1) is 0 Å². The summed E-state index contributed by atoms with van der Waals surface area (Å²) in [6.45, 7) is 0.502. The Kier molecular flexibility index (Phi) is 6.36. The van der Waals surface area contributed by atoms with Crippen LogP contribution in [0.2, 0.25) is 5.02 Å². The molecule has 0 aliphatic rings. The molecule has 2 aromatic rings. The van der Waals surface area contributed by atoms with E-state index >= 15 is 0 Å². The zero-order valence-corrected chi connectivity index (χ0v) is 14.8. The SMILES string of the molecule is CN(Cc1ccc(Cl)cc1)C(=O)CCNS(=O)(=O)c1ccccc1. The number of nitrogens with zero attached hydrogens (tertiary/aromatic N) is 1. The largest absolute Gasteiger partial charge is 0.341 e. The summed E-state index contributed by atoms with van der Waals surface area (Å²) in [6, 6.07) is 15.3. The van der Waals surface area contributed by atoms with E-state index in [2.05, 4.69) is 4.72 Å². The molecule has 0 aliphatic carbocycles. The number of hydrogen-bond donors (Lipinski definition) is 1. The molecule has 1 N–H and O–H groups in total. The maximum atomic E-state index is 12.1. The van der Waals surface area contributed by atoms with Crippen molar-refractivity contribution in [3.05, 3.63) is 65.2 Å². The molecule has 2 rings (SSSR count). The molecule has 0 aliphatic heterocycles. The summed E-state index contributed by atoms with van der Waals surface area (Å²) >= 11 is 5.83. The molecular weight excluding hydrogens is 348 g/mol. The van der Waals surface area contributed by atoms with Crippen LogP contribution in [0.3, 0.4) is 0 Å². The Morgan fingerprint density at radius 2 is 1.71 bits per heavy atom. The molecule has 0 heterocycles. The van der Waals surface area contributed by atoms with Gasteiger partial charge in [-0.3, -0.25) is 4.79 Å². The lowest BCUT2D eigenvalue weighted by molar-refractivity contribution is -0.130. The van der Waals surface area contributed by atoms with Crippen molar-refractivity contribution in [2.75, 3.05) is 13.6 Å². The predicted molar refractivity (Wildman–Crippen MR) is 94.2 cm³/mol. The lowest BCUT2D eigenvalue weighted by Crippen LogP contribution is -2.31. The molecule has 0 saturated carbocycles.